The van der Waals surface area contributed by atoms with E-state index in [4.69, 9.17) is 4.74 Å². The van der Waals surface area contributed by atoms with Crippen LogP contribution in [0.4, 0.5) is 18.9 Å². The van der Waals surface area contributed by atoms with Crippen LogP contribution >= 0.6 is 0 Å². The second-order valence-electron chi connectivity index (χ2n) is 6.74. The van der Waals surface area contributed by atoms with Gasteiger partial charge in [0.2, 0.25) is 0 Å². The number of amides is 2. The normalized spacial score (nSPS) is 14.6. The molecule has 0 radical (unpaired) electrons. The molecule has 0 saturated carbocycles. The average molecular weight is 410 g/mol. The van der Waals surface area contributed by atoms with E-state index in [2.05, 4.69) is 10.4 Å². The summed E-state index contributed by atoms with van der Waals surface area (Å²) in [5.74, 6) is -0.337. The Labute approximate surface area is 165 Å². The van der Waals surface area contributed by atoms with E-state index in [-0.39, 0.29) is 18.2 Å². The number of aromatic nitrogens is 2. The molecule has 7 nitrogen and oxygen atoms in total. The van der Waals surface area contributed by atoms with Crippen molar-refractivity contribution in [3.05, 3.63) is 41.7 Å². The molecule has 29 heavy (non-hydrogen) atoms. The van der Waals surface area contributed by atoms with Crippen LogP contribution in [-0.2, 0) is 18.0 Å². The van der Waals surface area contributed by atoms with Gasteiger partial charge in [0.1, 0.15) is 11.4 Å². The molecular weight excluding hydrogens is 389 g/mol. The van der Waals surface area contributed by atoms with Gasteiger partial charge in [-0.25, -0.2) is 0 Å². The lowest BCUT2D eigenvalue weighted by atomic mass is 10.1. The zero-order chi connectivity index (χ0) is 21.0. The summed E-state index contributed by atoms with van der Waals surface area (Å²) in [5.41, 5.74) is -0.975. The summed E-state index contributed by atoms with van der Waals surface area (Å²) in [4.78, 5) is 26.1. The maximum Gasteiger partial charge on any atom is 0.435 e. The maximum absolute atomic E-state index is 12.7. The SMILES string of the molecule is Cn1nc(C(F)(F)F)cc1C(=O)Nc1ccc(OCC(=O)N2CCCCC2)cc1. The van der Waals surface area contributed by atoms with Crippen molar-refractivity contribution in [3.8, 4) is 5.75 Å². The van der Waals surface area contributed by atoms with Gasteiger partial charge in [-0.05, 0) is 43.5 Å². The van der Waals surface area contributed by atoms with Gasteiger partial charge in [0.25, 0.3) is 11.8 Å². The van der Waals surface area contributed by atoms with Gasteiger partial charge in [-0.1, -0.05) is 0 Å². The van der Waals surface area contributed by atoms with Crippen LogP contribution in [-0.4, -0.2) is 46.2 Å². The Morgan fingerprint density at radius 1 is 1.14 bits per heavy atom. The first kappa shape index (κ1) is 20.7. The number of carbonyl (C=O) groups excluding carboxylic acids is 2. The molecule has 0 bridgehead atoms. The van der Waals surface area contributed by atoms with E-state index >= 15 is 0 Å². The predicted octanol–water partition coefficient (Wildman–Crippen LogP) is 3.08. The lowest BCUT2D eigenvalue weighted by Crippen LogP contribution is -2.38. The fraction of sp³-hybridized carbons (Fsp3) is 0.421. The predicted molar refractivity (Wildman–Crippen MR) is 98.5 cm³/mol. The highest BCUT2D eigenvalue weighted by Gasteiger charge is 2.35. The molecule has 1 N–H and O–H groups in total. The molecule has 0 aliphatic carbocycles. The number of piperidine rings is 1. The summed E-state index contributed by atoms with van der Waals surface area (Å²) in [7, 11) is 1.26. The zero-order valence-electron chi connectivity index (χ0n) is 15.8. The summed E-state index contributed by atoms with van der Waals surface area (Å²) >= 11 is 0. The molecule has 0 atom stereocenters. The molecule has 1 aliphatic rings. The number of ether oxygens (including phenoxy) is 1. The van der Waals surface area contributed by atoms with E-state index in [0.29, 0.717) is 17.5 Å². The number of carbonyl (C=O) groups is 2. The molecular formula is C19H21F3N4O3. The monoisotopic (exact) mass is 410 g/mol. The third-order valence-electron chi connectivity index (χ3n) is 4.59. The zero-order valence-corrected chi connectivity index (χ0v) is 15.8. The van der Waals surface area contributed by atoms with E-state index in [1.165, 1.54) is 7.05 Å². The molecule has 1 saturated heterocycles. The number of halogens is 3. The third kappa shape index (κ3) is 5.27. The number of alkyl halides is 3. The number of rotatable bonds is 5. The van der Waals surface area contributed by atoms with Gasteiger partial charge in [-0.15, -0.1) is 0 Å². The Balaban J connectivity index is 1.55. The van der Waals surface area contributed by atoms with E-state index in [1.54, 1.807) is 29.2 Å². The summed E-state index contributed by atoms with van der Waals surface area (Å²) in [6.07, 6.45) is -1.49. The lowest BCUT2D eigenvalue weighted by molar-refractivity contribution is -0.141. The highest BCUT2D eigenvalue weighted by Crippen LogP contribution is 2.28. The summed E-state index contributed by atoms with van der Waals surface area (Å²) in [6, 6.07) is 6.92. The smallest absolute Gasteiger partial charge is 0.435 e. The van der Waals surface area contributed by atoms with Crippen LogP contribution in [0.25, 0.3) is 0 Å². The van der Waals surface area contributed by atoms with Crippen LogP contribution in [0.3, 0.4) is 0 Å². The molecule has 1 aromatic carbocycles. The van der Waals surface area contributed by atoms with E-state index < -0.39 is 17.8 Å². The first-order valence-electron chi connectivity index (χ1n) is 9.17. The van der Waals surface area contributed by atoms with E-state index in [9.17, 15) is 22.8 Å². The topological polar surface area (TPSA) is 76.5 Å². The van der Waals surface area contributed by atoms with Crippen LogP contribution in [0, 0.1) is 0 Å². The Bertz CT molecular complexity index is 872. The quantitative estimate of drug-likeness (QED) is 0.822. The summed E-state index contributed by atoms with van der Waals surface area (Å²) in [5, 5.41) is 5.82. The fourth-order valence-electron chi connectivity index (χ4n) is 3.03. The minimum atomic E-state index is -4.62. The molecule has 0 unspecified atom stereocenters. The van der Waals surface area contributed by atoms with Gasteiger partial charge in [-0.2, -0.15) is 18.3 Å². The first-order valence-corrected chi connectivity index (χ1v) is 9.17. The molecule has 1 aliphatic heterocycles. The Kier molecular flexibility index (Phi) is 6.09. The van der Waals surface area contributed by atoms with Crippen molar-refractivity contribution in [2.24, 2.45) is 7.05 Å². The maximum atomic E-state index is 12.7. The van der Waals surface area contributed by atoms with Crippen molar-refractivity contribution in [1.29, 1.82) is 0 Å². The second-order valence-corrected chi connectivity index (χ2v) is 6.74. The highest BCUT2D eigenvalue weighted by molar-refractivity contribution is 6.03. The number of hydrogen-bond acceptors (Lipinski definition) is 4. The van der Waals surface area contributed by atoms with Gasteiger partial charge in [0.15, 0.2) is 12.3 Å². The number of hydrogen-bond donors (Lipinski definition) is 1. The van der Waals surface area contributed by atoms with Gasteiger partial charge in [0.05, 0.1) is 0 Å². The van der Waals surface area contributed by atoms with Crippen molar-refractivity contribution in [3.63, 3.8) is 0 Å². The van der Waals surface area contributed by atoms with Crippen molar-refractivity contribution >= 4 is 17.5 Å². The minimum absolute atomic E-state index is 0.0685. The number of benzene rings is 1. The van der Waals surface area contributed by atoms with Crippen LogP contribution in [0.5, 0.6) is 5.75 Å². The molecule has 2 aromatic rings. The summed E-state index contributed by atoms with van der Waals surface area (Å²) in [6.45, 7) is 1.43. The van der Waals surface area contributed by atoms with Crippen molar-refractivity contribution in [1.82, 2.24) is 14.7 Å². The molecule has 3 rings (SSSR count). The largest absolute Gasteiger partial charge is 0.484 e. The number of anilines is 1. The van der Waals surface area contributed by atoms with Gasteiger partial charge in [0, 0.05) is 31.9 Å². The van der Waals surface area contributed by atoms with Gasteiger partial charge in [-0.3, -0.25) is 14.3 Å². The Hall–Kier alpha value is -3.04. The Morgan fingerprint density at radius 3 is 2.38 bits per heavy atom. The van der Waals surface area contributed by atoms with Crippen LogP contribution in [0.1, 0.15) is 35.4 Å². The highest BCUT2D eigenvalue weighted by atomic mass is 19.4. The number of nitrogens with one attached hydrogen (secondary N) is 1. The van der Waals surface area contributed by atoms with Gasteiger partial charge < -0.3 is 15.0 Å². The Morgan fingerprint density at radius 2 is 1.79 bits per heavy atom. The van der Waals surface area contributed by atoms with E-state index in [0.717, 1.165) is 37.0 Å². The molecule has 2 amide bonds. The summed E-state index contributed by atoms with van der Waals surface area (Å²) < 4.78 is 44.5. The van der Waals surface area contributed by atoms with Crippen LogP contribution < -0.4 is 10.1 Å². The standard InChI is InChI=1S/C19H21F3N4O3/c1-25-15(11-16(24-25)19(20,21)22)18(28)23-13-5-7-14(8-6-13)29-12-17(27)26-9-3-2-4-10-26/h5-8,11H,2-4,9-10,12H2,1H3,(H,23,28). The molecule has 1 aromatic heterocycles. The number of nitrogens with zero attached hydrogens (tertiary/aromatic N) is 3. The second kappa shape index (κ2) is 8.54. The first-order chi connectivity index (χ1) is 13.7. The van der Waals surface area contributed by atoms with Crippen LogP contribution in [0.2, 0.25) is 0 Å². The molecule has 1 fully saturated rings. The number of aryl methyl sites for hydroxylation is 1. The fourth-order valence-corrected chi connectivity index (χ4v) is 3.03. The van der Waals surface area contributed by atoms with Crippen molar-refractivity contribution in [2.75, 3.05) is 25.0 Å². The van der Waals surface area contributed by atoms with Crippen molar-refractivity contribution < 1.29 is 27.5 Å². The third-order valence-corrected chi connectivity index (χ3v) is 4.59. The number of likely N-dealkylation sites (tertiary alicyclic amines) is 1. The van der Waals surface area contributed by atoms with E-state index in [1.807, 2.05) is 0 Å². The van der Waals surface area contributed by atoms with Gasteiger partial charge >= 0.3 is 6.18 Å². The molecule has 156 valence electrons. The average Bonchev–Trinajstić information content (AvgIpc) is 3.10. The minimum Gasteiger partial charge on any atom is -0.484 e. The van der Waals surface area contributed by atoms with Crippen LogP contribution in [0.15, 0.2) is 30.3 Å². The molecule has 2 heterocycles. The molecule has 0 spiro atoms. The van der Waals surface area contributed by atoms with Crippen molar-refractivity contribution in [2.45, 2.75) is 25.4 Å². The lowest BCUT2D eigenvalue weighted by Gasteiger charge is -2.26. The molecule has 10 heteroatoms.